The van der Waals surface area contributed by atoms with Gasteiger partial charge >= 0.3 is 14.8 Å². The second-order valence-corrected chi connectivity index (χ2v) is 40.9. The summed E-state index contributed by atoms with van der Waals surface area (Å²) in [6.07, 6.45) is 6.86. The maximum absolute atomic E-state index is 5.77. The first-order chi connectivity index (χ1) is 57.3. The number of allylic oxidation sites excluding steroid dienone is 6. The Hall–Kier alpha value is -11.4. The van der Waals surface area contributed by atoms with Gasteiger partial charge in [-0.15, -0.1) is 68.0 Å². The van der Waals surface area contributed by atoms with Crippen molar-refractivity contribution in [3.63, 3.8) is 0 Å². The van der Waals surface area contributed by atoms with Crippen LogP contribution in [0.15, 0.2) is 322 Å². The molecule has 3 aliphatic rings. The summed E-state index contributed by atoms with van der Waals surface area (Å²) in [4.78, 5) is 24.6. The monoisotopic (exact) mass is 1640 g/mol. The van der Waals surface area contributed by atoms with Gasteiger partial charge in [-0.3, -0.25) is 15.0 Å². The van der Waals surface area contributed by atoms with E-state index in [1.165, 1.54) is 140 Å². The molecule has 0 bridgehead atoms. The van der Waals surface area contributed by atoms with Crippen molar-refractivity contribution in [2.75, 3.05) is 0 Å². The van der Waals surface area contributed by atoms with Crippen molar-refractivity contribution in [2.24, 2.45) is 15.0 Å². The van der Waals surface area contributed by atoms with Crippen molar-refractivity contribution in [2.45, 2.75) is 83.1 Å². The number of fused-ring (bicyclic) bond motifs is 6. The van der Waals surface area contributed by atoms with Gasteiger partial charge in [-0.2, -0.15) is 0 Å². The van der Waals surface area contributed by atoms with Crippen molar-refractivity contribution < 1.29 is 0 Å². The number of hydrogen-bond donors (Lipinski definition) is 0. The van der Waals surface area contributed by atoms with Gasteiger partial charge in [-0.1, -0.05) is 109 Å². The van der Waals surface area contributed by atoms with Crippen LogP contribution in [0.5, 0.6) is 0 Å². The van der Waals surface area contributed by atoms with Gasteiger partial charge in [0.15, 0.2) is 0 Å². The third-order valence-corrected chi connectivity index (χ3v) is 33.9. The molecule has 0 N–H and O–H groups in total. The van der Waals surface area contributed by atoms with E-state index in [-0.39, 0.29) is 0 Å². The maximum atomic E-state index is 5.77. The van der Waals surface area contributed by atoms with Crippen molar-refractivity contribution in [1.29, 1.82) is 0 Å². The van der Waals surface area contributed by atoms with Gasteiger partial charge < -0.3 is 10.7 Å². The molecule has 0 amide bonds. The fraction of sp³-hybridized carbons (Fsp3) is 0.114. The largest absolute Gasteiger partial charge is 0.755 e. The summed E-state index contributed by atoms with van der Waals surface area (Å²) in [7, 11) is 0. The van der Waals surface area contributed by atoms with E-state index in [0.717, 1.165) is 119 Å². The standard InChI is InChI=1S/3C35H27N2S2.Al/c3*1-20-13-22(3)36-34(20)33(35-21(2)14-23(4)37-35)28-16-26(31-18-24-9-5-7-11-29(24)38-31)15-27(17-28)32-19-25-10-6-8-12-30(25)39-32;/h3*5-19H,1-4H3;/q3*-1;+3/b3*34-33-;. The zero-order valence-electron chi connectivity index (χ0n) is 67.7. The molecular formula is C105H81AlN6S6. The third kappa shape index (κ3) is 12.9. The van der Waals surface area contributed by atoms with Gasteiger partial charge in [-0.25, -0.2) is 0 Å². The minimum Gasteiger partial charge on any atom is -0.399 e. The van der Waals surface area contributed by atoms with E-state index < -0.39 is 14.8 Å². The van der Waals surface area contributed by atoms with Crippen LogP contribution >= 0.6 is 68.0 Å². The average molecular weight is 1650 g/mol. The minimum absolute atomic E-state index is 0.974. The molecule has 13 heteroatoms. The highest BCUT2D eigenvalue weighted by Crippen LogP contribution is 2.51. The molecule has 0 spiro atoms. The van der Waals surface area contributed by atoms with Crippen molar-refractivity contribution in [1.82, 2.24) is 10.7 Å². The molecule has 0 aliphatic carbocycles. The number of benzene rings is 9. The summed E-state index contributed by atoms with van der Waals surface area (Å²) in [5.41, 5.74) is 33.3. The van der Waals surface area contributed by atoms with Crippen molar-refractivity contribution in [3.8, 4) is 62.6 Å². The highest BCUT2D eigenvalue weighted by atomic mass is 32.1. The maximum Gasteiger partial charge on any atom is 0.755 e. The molecule has 21 rings (SSSR count). The molecule has 118 heavy (non-hydrogen) atoms. The lowest BCUT2D eigenvalue weighted by Crippen LogP contribution is -2.46. The SMILES string of the molecule is CC1=CC(C)=N/C1=C(/c1cc(-c2cc3ccccc3s2)cc(-c2cc3ccccc3s2)c1)c1c(C)cc(C)[n]1[Al]([n]1c(C)cc(C)c1/C(=C1\N=C(C)C=C1C)c1cc(-c2cc3ccccc3s2)cc(-c2cc3ccccc3s2)c1)[n]1c(C)cc(C)c1/C(=C1\N=C(C)C=C1C)c1cc(-c2cc3ccccc3s2)cc(-c2cc3ccccc3s2)c1. The fourth-order valence-electron chi connectivity index (χ4n) is 18.5. The average Bonchev–Trinajstić information content (AvgIpc) is 1.55. The molecule has 0 fully saturated rings. The zero-order valence-corrected chi connectivity index (χ0v) is 73.7. The first kappa shape index (κ1) is 74.1. The summed E-state index contributed by atoms with van der Waals surface area (Å²) in [5.74, 6) is 0. The van der Waals surface area contributed by atoms with Gasteiger partial charge in [0.25, 0.3) is 0 Å². The van der Waals surface area contributed by atoms with Crippen LogP contribution in [-0.4, -0.2) is 42.6 Å². The number of aliphatic imine (C=N–C) groups is 3. The van der Waals surface area contributed by atoms with Gasteiger partial charge in [0.2, 0.25) is 0 Å². The second-order valence-electron chi connectivity index (χ2n) is 32.1. The van der Waals surface area contributed by atoms with Crippen LogP contribution in [0.1, 0.15) is 109 Å². The summed E-state index contributed by atoms with van der Waals surface area (Å²) in [6.45, 7) is 27.5. The first-order valence-electron chi connectivity index (χ1n) is 40.2. The van der Waals surface area contributed by atoms with E-state index >= 15 is 0 Å². The normalized spacial score (nSPS) is 15.1. The van der Waals surface area contributed by atoms with Crippen LogP contribution in [-0.2, 0) is 0 Å². The van der Waals surface area contributed by atoms with Crippen molar-refractivity contribution >= 4 is 177 Å². The summed E-state index contributed by atoms with van der Waals surface area (Å²) < 4.78 is 16.1. The fourth-order valence-corrected chi connectivity index (χ4v) is 28.5. The number of aromatic nitrogens is 3. The Bertz CT molecular complexity index is 6460. The number of thiophene rings is 6. The Balaban J connectivity index is 0.890. The quantitative estimate of drug-likeness (QED) is 0.0919. The van der Waals surface area contributed by atoms with Crippen LogP contribution in [0.4, 0.5) is 0 Å². The molecule has 3 aliphatic heterocycles. The first-order valence-corrected chi connectivity index (χ1v) is 46.7. The van der Waals surface area contributed by atoms with Crippen LogP contribution in [0.2, 0.25) is 0 Å². The number of rotatable bonds is 15. The zero-order chi connectivity index (χ0) is 80.2. The van der Waals surface area contributed by atoms with Crippen LogP contribution in [0.3, 0.4) is 0 Å². The van der Waals surface area contributed by atoms with E-state index in [1.54, 1.807) is 0 Å². The Morgan fingerprint density at radius 1 is 0.246 bits per heavy atom. The lowest BCUT2D eigenvalue weighted by molar-refractivity contribution is 0.883. The topological polar surface area (TPSA) is 51.9 Å². The lowest BCUT2D eigenvalue weighted by Gasteiger charge is -2.30. The Kier molecular flexibility index (Phi) is 18.4. The molecule has 0 unspecified atom stereocenters. The third-order valence-electron chi connectivity index (χ3n) is 23.6. The summed E-state index contributed by atoms with van der Waals surface area (Å²) in [6, 6.07) is 97.1. The summed E-state index contributed by atoms with van der Waals surface area (Å²) in [5, 5.41) is 7.44. The predicted octanol–water partition coefficient (Wildman–Crippen LogP) is 30.7. The number of hydrogen-bond acceptors (Lipinski definition) is 9. The van der Waals surface area contributed by atoms with Crippen molar-refractivity contribution in [3.05, 3.63) is 374 Å². The molecule has 12 heterocycles. The molecule has 0 saturated heterocycles. The molecule has 0 radical (unpaired) electrons. The predicted molar refractivity (Wildman–Crippen MR) is 517 cm³/mol. The minimum atomic E-state index is -3.36. The molecule has 6 nitrogen and oxygen atoms in total. The molecule has 0 saturated carbocycles. The van der Waals surface area contributed by atoms with Crippen LogP contribution < -0.4 is 0 Å². The second kappa shape index (κ2) is 29.3. The molecule has 18 aromatic rings. The van der Waals surface area contributed by atoms with Crippen LogP contribution in [0, 0.1) is 41.5 Å². The van der Waals surface area contributed by atoms with E-state index in [9.17, 15) is 0 Å². The molecule has 0 atom stereocenters. The van der Waals surface area contributed by atoms with E-state index in [2.05, 4.69) is 367 Å². The van der Waals surface area contributed by atoms with E-state index in [0.29, 0.717) is 0 Å². The van der Waals surface area contributed by atoms with Gasteiger partial charge in [0.1, 0.15) is 0 Å². The number of aryl methyl sites for hydroxylation is 6. The molecule has 9 aromatic carbocycles. The Morgan fingerprint density at radius 3 is 0.636 bits per heavy atom. The molecule has 9 aromatic heterocycles. The van der Waals surface area contributed by atoms with Gasteiger partial charge in [-0.05, 0) is 380 Å². The van der Waals surface area contributed by atoms with E-state index in [1.807, 2.05) is 68.0 Å². The smallest absolute Gasteiger partial charge is 0.399 e. The molecule has 570 valence electrons. The summed E-state index contributed by atoms with van der Waals surface area (Å²) >= 11 is 7.83. The number of nitrogens with zero attached hydrogens (tertiary/aromatic N) is 6. The van der Waals surface area contributed by atoms with Gasteiger partial charge in [0.05, 0.1) is 17.1 Å². The Morgan fingerprint density at radius 2 is 0.449 bits per heavy atom. The Labute approximate surface area is 716 Å². The highest BCUT2D eigenvalue weighted by molar-refractivity contribution is 7.24. The molecular weight excluding hydrogens is 1560 g/mol. The lowest BCUT2D eigenvalue weighted by atomic mass is 9.92. The van der Waals surface area contributed by atoms with Gasteiger partial charge in [0, 0.05) is 108 Å². The van der Waals surface area contributed by atoms with Crippen LogP contribution in [0.25, 0.3) is 140 Å². The highest BCUT2D eigenvalue weighted by Gasteiger charge is 2.45. The van der Waals surface area contributed by atoms with E-state index in [4.69, 9.17) is 15.0 Å².